The average molecular weight is 314 g/mol. The first kappa shape index (κ1) is 15.0. The van der Waals surface area contributed by atoms with Crippen molar-refractivity contribution in [1.29, 1.82) is 0 Å². The van der Waals surface area contributed by atoms with E-state index in [0.29, 0.717) is 5.56 Å². The van der Waals surface area contributed by atoms with Crippen LogP contribution in [-0.2, 0) is 0 Å². The Morgan fingerprint density at radius 2 is 1.57 bits per heavy atom. The number of hydrogen-bond donors (Lipinski definition) is 0. The van der Waals surface area contributed by atoms with Crippen molar-refractivity contribution >= 4 is 23.2 Å². The molecule has 0 radical (unpaired) electrons. The number of ketones is 1. The van der Waals surface area contributed by atoms with Gasteiger partial charge in [0, 0.05) is 16.7 Å². The predicted molar refractivity (Wildman–Crippen MR) is 96.5 cm³/mol. The van der Waals surface area contributed by atoms with E-state index < -0.39 is 0 Å². The molecule has 110 valence electrons. The van der Waals surface area contributed by atoms with Gasteiger partial charge in [0.05, 0.1) is 0 Å². The highest BCUT2D eigenvalue weighted by Gasteiger charge is 2.01. The summed E-state index contributed by atoms with van der Waals surface area (Å²) in [5.74, 6) is 6.21. The normalized spacial score (nSPS) is 10.3. The molecular formula is C21H14OS. The first-order valence-corrected chi connectivity index (χ1v) is 8.17. The number of benzene rings is 2. The Labute approximate surface area is 139 Å². The minimum Gasteiger partial charge on any atom is -0.289 e. The lowest BCUT2D eigenvalue weighted by atomic mass is 10.1. The first-order chi connectivity index (χ1) is 11.3. The van der Waals surface area contributed by atoms with Gasteiger partial charge in [-0.25, -0.2) is 0 Å². The van der Waals surface area contributed by atoms with E-state index >= 15 is 0 Å². The van der Waals surface area contributed by atoms with Crippen molar-refractivity contribution in [2.75, 3.05) is 0 Å². The van der Waals surface area contributed by atoms with Gasteiger partial charge in [0.25, 0.3) is 0 Å². The highest BCUT2D eigenvalue weighted by molar-refractivity contribution is 7.08. The van der Waals surface area contributed by atoms with Crippen LogP contribution in [0, 0.1) is 11.8 Å². The molecule has 2 aromatic carbocycles. The van der Waals surface area contributed by atoms with Gasteiger partial charge in [-0.3, -0.25) is 4.79 Å². The molecule has 1 nitrogen and oxygen atoms in total. The summed E-state index contributed by atoms with van der Waals surface area (Å²) in [6, 6.07) is 19.2. The summed E-state index contributed by atoms with van der Waals surface area (Å²) >= 11 is 1.61. The fourth-order valence-electron chi connectivity index (χ4n) is 2.02. The molecule has 1 heterocycles. The molecule has 2 heteroatoms. The number of allylic oxidation sites excluding steroid dienone is 1. The molecule has 0 N–H and O–H groups in total. The average Bonchev–Trinajstić information content (AvgIpc) is 3.13. The van der Waals surface area contributed by atoms with Crippen molar-refractivity contribution in [3.63, 3.8) is 0 Å². The maximum atomic E-state index is 12.1. The molecule has 0 bridgehead atoms. The van der Waals surface area contributed by atoms with Crippen molar-refractivity contribution in [3.05, 3.63) is 99.8 Å². The molecule has 0 unspecified atom stereocenters. The number of hydrogen-bond acceptors (Lipinski definition) is 2. The lowest BCUT2D eigenvalue weighted by molar-refractivity contribution is 0.104. The summed E-state index contributed by atoms with van der Waals surface area (Å²) in [6.45, 7) is 0. The quantitative estimate of drug-likeness (QED) is 0.376. The van der Waals surface area contributed by atoms with E-state index in [1.165, 1.54) is 0 Å². The molecule has 0 saturated carbocycles. The summed E-state index contributed by atoms with van der Waals surface area (Å²) in [5, 5.41) is 4.00. The summed E-state index contributed by atoms with van der Waals surface area (Å²) in [6.07, 6.45) is 3.44. The molecule has 3 aromatic rings. The van der Waals surface area contributed by atoms with Gasteiger partial charge in [0.2, 0.25) is 0 Å². The van der Waals surface area contributed by atoms with E-state index in [2.05, 4.69) is 11.8 Å². The minimum atomic E-state index is -0.00114. The molecule has 0 aliphatic heterocycles. The lowest BCUT2D eigenvalue weighted by Gasteiger charge is -1.96. The fourth-order valence-corrected chi connectivity index (χ4v) is 2.65. The van der Waals surface area contributed by atoms with Crippen molar-refractivity contribution in [2.24, 2.45) is 0 Å². The standard InChI is InChI=1S/C21H14OS/c22-21(13-10-19-14-15-23-16-19)20-11-8-18(9-12-20)7-6-17-4-2-1-3-5-17/h1-5,8-16H. The Hall–Kier alpha value is -2.89. The Kier molecular flexibility index (Phi) is 4.83. The first-order valence-electron chi connectivity index (χ1n) is 7.23. The molecule has 0 atom stereocenters. The summed E-state index contributed by atoms with van der Waals surface area (Å²) in [7, 11) is 0. The van der Waals surface area contributed by atoms with Gasteiger partial charge < -0.3 is 0 Å². The molecule has 1 aromatic heterocycles. The third kappa shape index (κ3) is 4.29. The molecule has 0 saturated heterocycles. The monoisotopic (exact) mass is 314 g/mol. The predicted octanol–water partition coefficient (Wildman–Crippen LogP) is 5.04. The number of carbonyl (C=O) groups is 1. The third-order valence-corrected chi connectivity index (χ3v) is 3.97. The topological polar surface area (TPSA) is 17.1 Å². The van der Waals surface area contributed by atoms with Crippen LogP contribution in [0.2, 0.25) is 0 Å². The van der Waals surface area contributed by atoms with Crippen LogP contribution in [0.3, 0.4) is 0 Å². The van der Waals surface area contributed by atoms with Gasteiger partial charge in [-0.05, 0) is 64.9 Å². The van der Waals surface area contributed by atoms with Crippen molar-refractivity contribution < 1.29 is 4.79 Å². The van der Waals surface area contributed by atoms with Crippen molar-refractivity contribution in [2.45, 2.75) is 0 Å². The Morgan fingerprint density at radius 3 is 2.22 bits per heavy atom. The Morgan fingerprint density at radius 1 is 0.870 bits per heavy atom. The van der Waals surface area contributed by atoms with Crippen LogP contribution in [-0.4, -0.2) is 5.78 Å². The van der Waals surface area contributed by atoms with Crippen molar-refractivity contribution in [1.82, 2.24) is 0 Å². The van der Waals surface area contributed by atoms with Crippen LogP contribution in [0.4, 0.5) is 0 Å². The van der Waals surface area contributed by atoms with E-state index in [-0.39, 0.29) is 5.78 Å². The second-order valence-electron chi connectivity index (χ2n) is 4.95. The maximum Gasteiger partial charge on any atom is 0.185 e. The van der Waals surface area contributed by atoms with Gasteiger partial charge in [-0.1, -0.05) is 36.1 Å². The molecule has 0 aliphatic carbocycles. The molecule has 0 amide bonds. The Balaban J connectivity index is 1.70. The van der Waals surface area contributed by atoms with Crippen LogP contribution in [0.5, 0.6) is 0 Å². The zero-order valence-electron chi connectivity index (χ0n) is 12.4. The molecule has 0 aliphatic rings. The van der Waals surface area contributed by atoms with Gasteiger partial charge in [0.15, 0.2) is 5.78 Å². The third-order valence-electron chi connectivity index (χ3n) is 3.26. The van der Waals surface area contributed by atoms with Crippen LogP contribution in [0.1, 0.15) is 27.0 Å². The minimum absolute atomic E-state index is 0.00114. The van der Waals surface area contributed by atoms with Gasteiger partial charge in [-0.2, -0.15) is 11.3 Å². The highest BCUT2D eigenvalue weighted by Crippen LogP contribution is 2.10. The lowest BCUT2D eigenvalue weighted by Crippen LogP contribution is -1.93. The zero-order valence-corrected chi connectivity index (χ0v) is 13.2. The van der Waals surface area contributed by atoms with Gasteiger partial charge in [0.1, 0.15) is 0 Å². The molecular weight excluding hydrogens is 300 g/mol. The zero-order chi connectivity index (χ0) is 15.9. The van der Waals surface area contributed by atoms with Gasteiger partial charge in [-0.15, -0.1) is 0 Å². The van der Waals surface area contributed by atoms with Crippen LogP contribution in [0.15, 0.2) is 77.5 Å². The maximum absolute atomic E-state index is 12.1. The van der Waals surface area contributed by atoms with Crippen LogP contribution < -0.4 is 0 Å². The van der Waals surface area contributed by atoms with E-state index in [0.717, 1.165) is 16.7 Å². The van der Waals surface area contributed by atoms with E-state index in [1.807, 2.05) is 77.5 Å². The fraction of sp³-hybridized carbons (Fsp3) is 0. The molecule has 0 spiro atoms. The number of rotatable bonds is 3. The molecule has 23 heavy (non-hydrogen) atoms. The summed E-state index contributed by atoms with van der Waals surface area (Å²) < 4.78 is 0. The number of thiophene rings is 1. The van der Waals surface area contributed by atoms with E-state index in [4.69, 9.17) is 0 Å². The van der Waals surface area contributed by atoms with E-state index in [1.54, 1.807) is 17.4 Å². The van der Waals surface area contributed by atoms with Gasteiger partial charge >= 0.3 is 0 Å². The largest absolute Gasteiger partial charge is 0.289 e. The van der Waals surface area contributed by atoms with Crippen molar-refractivity contribution in [3.8, 4) is 11.8 Å². The van der Waals surface area contributed by atoms with E-state index in [9.17, 15) is 4.79 Å². The smallest absolute Gasteiger partial charge is 0.185 e. The number of carbonyl (C=O) groups excluding carboxylic acids is 1. The Bertz CT molecular complexity index is 861. The molecule has 0 fully saturated rings. The second-order valence-corrected chi connectivity index (χ2v) is 5.73. The van der Waals surface area contributed by atoms with Crippen LogP contribution in [0.25, 0.3) is 6.08 Å². The summed E-state index contributed by atoms with van der Waals surface area (Å²) in [5.41, 5.74) is 3.59. The highest BCUT2D eigenvalue weighted by atomic mass is 32.1. The summed E-state index contributed by atoms with van der Waals surface area (Å²) in [4.78, 5) is 12.1. The van der Waals surface area contributed by atoms with Crippen LogP contribution >= 0.6 is 11.3 Å². The SMILES string of the molecule is O=C(C=Cc1ccsc1)c1ccc(C#Cc2ccccc2)cc1. The second kappa shape index (κ2) is 7.40. The molecule has 3 rings (SSSR count).